The Morgan fingerprint density at radius 3 is 2.33 bits per heavy atom. The lowest BCUT2D eigenvalue weighted by Gasteiger charge is -2.24. The van der Waals surface area contributed by atoms with Crippen LogP contribution < -0.4 is 5.32 Å². The SMILES string of the molecule is CC1CCCC1C(=O)N[C@H](C)C(=O)OC(C)(C)C. The maximum Gasteiger partial charge on any atom is 0.328 e. The largest absolute Gasteiger partial charge is 0.458 e. The monoisotopic (exact) mass is 255 g/mol. The second-order valence-corrected chi connectivity index (χ2v) is 6.28. The molecule has 1 fully saturated rings. The highest BCUT2D eigenvalue weighted by atomic mass is 16.6. The number of esters is 1. The first-order chi connectivity index (χ1) is 8.20. The summed E-state index contributed by atoms with van der Waals surface area (Å²) in [5.74, 6) is 0.0746. The van der Waals surface area contributed by atoms with Crippen LogP contribution in [0.3, 0.4) is 0 Å². The molecule has 1 rings (SSSR count). The lowest BCUT2D eigenvalue weighted by Crippen LogP contribution is -2.44. The van der Waals surface area contributed by atoms with Gasteiger partial charge in [-0.1, -0.05) is 13.3 Å². The Kier molecular flexibility index (Phi) is 4.77. The molecule has 4 nitrogen and oxygen atoms in total. The van der Waals surface area contributed by atoms with E-state index in [1.165, 1.54) is 0 Å². The minimum atomic E-state index is -0.579. The molecule has 0 saturated heterocycles. The molecule has 0 aliphatic heterocycles. The minimum Gasteiger partial charge on any atom is -0.458 e. The molecule has 1 aliphatic rings. The second kappa shape index (κ2) is 5.72. The molecule has 3 atom stereocenters. The smallest absolute Gasteiger partial charge is 0.328 e. The van der Waals surface area contributed by atoms with Crippen molar-refractivity contribution in [3.63, 3.8) is 0 Å². The van der Waals surface area contributed by atoms with Gasteiger partial charge in [-0.3, -0.25) is 4.79 Å². The van der Waals surface area contributed by atoms with Crippen molar-refractivity contribution in [3.05, 3.63) is 0 Å². The molecule has 0 heterocycles. The predicted molar refractivity (Wildman–Crippen MR) is 70.0 cm³/mol. The van der Waals surface area contributed by atoms with Gasteiger partial charge in [0.25, 0.3) is 0 Å². The molecule has 0 aromatic heterocycles. The van der Waals surface area contributed by atoms with Gasteiger partial charge >= 0.3 is 5.97 Å². The highest BCUT2D eigenvalue weighted by Crippen LogP contribution is 2.31. The molecule has 1 N–H and O–H groups in total. The molecular formula is C14H25NO3. The van der Waals surface area contributed by atoms with Crippen LogP contribution in [0.15, 0.2) is 0 Å². The quantitative estimate of drug-likeness (QED) is 0.787. The summed E-state index contributed by atoms with van der Waals surface area (Å²) in [7, 11) is 0. The van der Waals surface area contributed by atoms with Crippen LogP contribution in [0.4, 0.5) is 0 Å². The molecule has 2 unspecified atom stereocenters. The normalized spacial score (nSPS) is 25.6. The Hall–Kier alpha value is -1.06. The zero-order chi connectivity index (χ0) is 13.9. The van der Waals surface area contributed by atoms with E-state index in [0.29, 0.717) is 5.92 Å². The van der Waals surface area contributed by atoms with Crippen LogP contribution >= 0.6 is 0 Å². The van der Waals surface area contributed by atoms with Crippen LogP contribution in [0.5, 0.6) is 0 Å². The van der Waals surface area contributed by atoms with E-state index in [1.807, 2.05) is 20.8 Å². The summed E-state index contributed by atoms with van der Waals surface area (Å²) >= 11 is 0. The summed E-state index contributed by atoms with van der Waals surface area (Å²) in [6, 6.07) is -0.579. The van der Waals surface area contributed by atoms with Crippen molar-refractivity contribution in [2.75, 3.05) is 0 Å². The second-order valence-electron chi connectivity index (χ2n) is 6.28. The molecular weight excluding hydrogens is 230 g/mol. The molecule has 0 spiro atoms. The van der Waals surface area contributed by atoms with E-state index in [9.17, 15) is 9.59 Å². The summed E-state index contributed by atoms with van der Waals surface area (Å²) in [4.78, 5) is 23.8. The fourth-order valence-electron chi connectivity index (χ4n) is 2.30. The van der Waals surface area contributed by atoms with Gasteiger partial charge in [0, 0.05) is 5.92 Å². The van der Waals surface area contributed by atoms with Gasteiger partial charge in [-0.15, -0.1) is 0 Å². The average Bonchev–Trinajstić information content (AvgIpc) is 2.61. The zero-order valence-electron chi connectivity index (χ0n) is 12.1. The topological polar surface area (TPSA) is 55.4 Å². The number of carbonyl (C=O) groups is 2. The van der Waals surface area contributed by atoms with Crippen molar-refractivity contribution >= 4 is 11.9 Å². The van der Waals surface area contributed by atoms with E-state index in [2.05, 4.69) is 12.2 Å². The number of rotatable bonds is 3. The first-order valence-corrected chi connectivity index (χ1v) is 6.74. The Bertz CT molecular complexity index is 319. The molecule has 0 aromatic carbocycles. The van der Waals surface area contributed by atoms with Gasteiger partial charge in [0.15, 0.2) is 0 Å². The fraction of sp³-hybridized carbons (Fsp3) is 0.857. The van der Waals surface area contributed by atoms with Crippen molar-refractivity contribution < 1.29 is 14.3 Å². The van der Waals surface area contributed by atoms with E-state index in [0.717, 1.165) is 19.3 Å². The lowest BCUT2D eigenvalue weighted by atomic mass is 9.97. The molecule has 18 heavy (non-hydrogen) atoms. The zero-order valence-corrected chi connectivity index (χ0v) is 12.1. The Morgan fingerprint density at radius 2 is 1.89 bits per heavy atom. The van der Waals surface area contributed by atoms with Crippen molar-refractivity contribution in [1.29, 1.82) is 0 Å². The molecule has 1 amide bonds. The maximum atomic E-state index is 12.0. The number of hydrogen-bond acceptors (Lipinski definition) is 3. The summed E-state index contributed by atoms with van der Waals surface area (Å²) in [6.07, 6.45) is 3.12. The molecule has 1 saturated carbocycles. The van der Waals surface area contributed by atoms with Gasteiger partial charge in [0.1, 0.15) is 11.6 Å². The number of amides is 1. The van der Waals surface area contributed by atoms with Crippen LogP contribution in [-0.2, 0) is 14.3 Å². The van der Waals surface area contributed by atoms with Gasteiger partial charge in [-0.05, 0) is 46.5 Å². The first kappa shape index (κ1) is 15.0. The third-order valence-corrected chi connectivity index (χ3v) is 3.32. The van der Waals surface area contributed by atoms with Crippen LogP contribution in [0.25, 0.3) is 0 Å². The third-order valence-electron chi connectivity index (χ3n) is 3.32. The van der Waals surface area contributed by atoms with Gasteiger partial charge in [0.05, 0.1) is 0 Å². The lowest BCUT2D eigenvalue weighted by molar-refractivity contribution is -0.158. The predicted octanol–water partition coefficient (Wildman–Crippen LogP) is 2.27. The van der Waals surface area contributed by atoms with Gasteiger partial charge < -0.3 is 10.1 Å². The van der Waals surface area contributed by atoms with Crippen molar-refractivity contribution in [3.8, 4) is 0 Å². The Labute approximate surface area is 109 Å². The molecule has 0 radical (unpaired) electrons. The Morgan fingerprint density at radius 1 is 1.28 bits per heavy atom. The molecule has 104 valence electrons. The number of nitrogens with one attached hydrogen (secondary N) is 1. The summed E-state index contributed by atoms with van der Waals surface area (Å²) in [6.45, 7) is 9.22. The number of ether oxygens (including phenoxy) is 1. The summed E-state index contributed by atoms with van der Waals surface area (Å²) in [5.41, 5.74) is -0.517. The standard InChI is InChI=1S/C14H25NO3/c1-9-7-6-8-11(9)12(16)15-10(2)13(17)18-14(3,4)5/h9-11H,6-8H2,1-5H3,(H,15,16)/t9?,10-,11?/m1/s1. The van der Waals surface area contributed by atoms with E-state index >= 15 is 0 Å². The van der Waals surface area contributed by atoms with Crippen LogP contribution in [0, 0.1) is 11.8 Å². The van der Waals surface area contributed by atoms with E-state index in [-0.39, 0.29) is 17.8 Å². The summed E-state index contributed by atoms with van der Waals surface area (Å²) in [5, 5.41) is 2.76. The number of carbonyl (C=O) groups excluding carboxylic acids is 2. The van der Waals surface area contributed by atoms with E-state index < -0.39 is 11.6 Å². The van der Waals surface area contributed by atoms with Crippen molar-refractivity contribution in [1.82, 2.24) is 5.32 Å². The van der Waals surface area contributed by atoms with Crippen LogP contribution in [0.1, 0.15) is 53.9 Å². The highest BCUT2D eigenvalue weighted by molar-refractivity contribution is 5.85. The molecule has 0 bridgehead atoms. The minimum absolute atomic E-state index is 0.0154. The number of hydrogen-bond donors (Lipinski definition) is 1. The van der Waals surface area contributed by atoms with Crippen LogP contribution in [-0.4, -0.2) is 23.5 Å². The Balaban J connectivity index is 2.46. The molecule has 1 aliphatic carbocycles. The van der Waals surface area contributed by atoms with Gasteiger partial charge in [-0.2, -0.15) is 0 Å². The molecule has 0 aromatic rings. The first-order valence-electron chi connectivity index (χ1n) is 6.74. The van der Waals surface area contributed by atoms with Crippen molar-refractivity contribution in [2.45, 2.75) is 65.5 Å². The maximum absolute atomic E-state index is 12.0. The summed E-state index contributed by atoms with van der Waals surface area (Å²) < 4.78 is 5.24. The highest BCUT2D eigenvalue weighted by Gasteiger charge is 2.32. The molecule has 4 heteroatoms. The van der Waals surface area contributed by atoms with Gasteiger partial charge in [0.2, 0.25) is 5.91 Å². The van der Waals surface area contributed by atoms with Crippen LogP contribution in [0.2, 0.25) is 0 Å². The van der Waals surface area contributed by atoms with E-state index in [1.54, 1.807) is 6.92 Å². The fourth-order valence-corrected chi connectivity index (χ4v) is 2.30. The average molecular weight is 255 g/mol. The van der Waals surface area contributed by atoms with Gasteiger partial charge in [-0.25, -0.2) is 4.79 Å². The third kappa shape index (κ3) is 4.31. The van der Waals surface area contributed by atoms with E-state index in [4.69, 9.17) is 4.74 Å². The van der Waals surface area contributed by atoms with Crippen molar-refractivity contribution in [2.24, 2.45) is 11.8 Å².